The van der Waals surface area contributed by atoms with Crippen LogP contribution in [0.4, 0.5) is 11.5 Å². The van der Waals surface area contributed by atoms with Gasteiger partial charge < -0.3 is 11.1 Å². The molecule has 3 N–H and O–H groups in total. The number of hydrogen-bond donors (Lipinski definition) is 2. The summed E-state index contributed by atoms with van der Waals surface area (Å²) in [6.07, 6.45) is 1.64. The van der Waals surface area contributed by atoms with Gasteiger partial charge in [0.15, 0.2) is 0 Å². The van der Waals surface area contributed by atoms with Crippen LogP contribution in [0.25, 0.3) is 0 Å². The van der Waals surface area contributed by atoms with Crippen LogP contribution in [0, 0.1) is 6.92 Å². The second kappa shape index (κ2) is 3.97. The van der Waals surface area contributed by atoms with Crippen molar-refractivity contribution in [3.8, 4) is 0 Å². The number of amides is 1. The molecule has 7 heteroatoms. The van der Waals surface area contributed by atoms with Crippen molar-refractivity contribution in [1.82, 2.24) is 15.3 Å². The second-order valence-corrected chi connectivity index (χ2v) is 3.09. The summed E-state index contributed by atoms with van der Waals surface area (Å²) in [7, 11) is 0. The molecule has 0 radical (unpaired) electrons. The molecule has 2 aromatic heterocycles. The number of carbonyl (C=O) groups is 1. The smallest absolute Gasteiger partial charge is 0.281 e. The molecule has 0 atom stereocenters. The molecule has 16 heavy (non-hydrogen) atoms. The standard InChI is InChI=1S/C9H9N5O2/c1-5-6(3-2-4-11-5)12-9(15)7-8(10)14-16-13-7/h2-4H,1H3,(H2,10,14)(H,12,15). The highest BCUT2D eigenvalue weighted by molar-refractivity contribution is 6.05. The van der Waals surface area contributed by atoms with Crippen LogP contribution in [0.15, 0.2) is 23.0 Å². The summed E-state index contributed by atoms with van der Waals surface area (Å²) < 4.78 is 4.33. The number of aromatic nitrogens is 3. The number of nitrogens with one attached hydrogen (secondary N) is 1. The maximum absolute atomic E-state index is 11.7. The van der Waals surface area contributed by atoms with Gasteiger partial charge in [0.25, 0.3) is 5.91 Å². The lowest BCUT2D eigenvalue weighted by Gasteiger charge is -2.04. The lowest BCUT2D eigenvalue weighted by atomic mass is 10.3. The van der Waals surface area contributed by atoms with Crippen LogP contribution in [-0.2, 0) is 0 Å². The van der Waals surface area contributed by atoms with Crippen molar-refractivity contribution in [3.63, 3.8) is 0 Å². The van der Waals surface area contributed by atoms with E-state index in [1.165, 1.54) is 0 Å². The molecule has 0 bridgehead atoms. The predicted molar refractivity (Wildman–Crippen MR) is 55.6 cm³/mol. The molecule has 2 heterocycles. The van der Waals surface area contributed by atoms with Gasteiger partial charge in [-0.3, -0.25) is 9.78 Å². The largest absolute Gasteiger partial charge is 0.379 e. The molecule has 2 aromatic rings. The monoisotopic (exact) mass is 219 g/mol. The summed E-state index contributed by atoms with van der Waals surface area (Å²) in [6, 6.07) is 3.44. The van der Waals surface area contributed by atoms with Gasteiger partial charge >= 0.3 is 0 Å². The van der Waals surface area contributed by atoms with Crippen LogP contribution in [0.3, 0.4) is 0 Å². The Morgan fingerprint density at radius 2 is 2.31 bits per heavy atom. The van der Waals surface area contributed by atoms with Crippen LogP contribution < -0.4 is 11.1 Å². The van der Waals surface area contributed by atoms with Crippen molar-refractivity contribution < 1.29 is 9.42 Å². The van der Waals surface area contributed by atoms with Gasteiger partial charge in [-0.1, -0.05) is 0 Å². The van der Waals surface area contributed by atoms with E-state index in [1.807, 2.05) is 0 Å². The summed E-state index contributed by atoms with van der Waals surface area (Å²) >= 11 is 0. The van der Waals surface area contributed by atoms with E-state index >= 15 is 0 Å². The highest BCUT2D eigenvalue weighted by Crippen LogP contribution is 2.13. The molecular weight excluding hydrogens is 210 g/mol. The van der Waals surface area contributed by atoms with Crippen LogP contribution in [0.1, 0.15) is 16.2 Å². The number of pyridine rings is 1. The van der Waals surface area contributed by atoms with Gasteiger partial charge in [-0.05, 0) is 29.4 Å². The third-order valence-electron chi connectivity index (χ3n) is 1.98. The first-order valence-electron chi connectivity index (χ1n) is 4.49. The lowest BCUT2D eigenvalue weighted by Crippen LogP contribution is -2.15. The van der Waals surface area contributed by atoms with E-state index in [1.54, 1.807) is 25.3 Å². The van der Waals surface area contributed by atoms with E-state index in [0.717, 1.165) is 0 Å². The zero-order valence-corrected chi connectivity index (χ0v) is 8.47. The van der Waals surface area contributed by atoms with Crippen molar-refractivity contribution in [2.45, 2.75) is 6.92 Å². The zero-order chi connectivity index (χ0) is 11.5. The number of nitrogens with zero attached hydrogens (tertiary/aromatic N) is 3. The Balaban J connectivity index is 2.21. The first-order chi connectivity index (χ1) is 7.68. The van der Waals surface area contributed by atoms with Gasteiger partial charge in [-0.25, -0.2) is 4.63 Å². The first-order valence-corrected chi connectivity index (χ1v) is 4.49. The summed E-state index contributed by atoms with van der Waals surface area (Å²) in [5.41, 5.74) is 6.64. The molecule has 0 saturated carbocycles. The third kappa shape index (κ3) is 1.83. The highest BCUT2D eigenvalue weighted by atomic mass is 16.6. The topological polar surface area (TPSA) is 107 Å². The molecule has 0 aromatic carbocycles. The Bertz CT molecular complexity index is 522. The van der Waals surface area contributed by atoms with Crippen LogP contribution in [-0.4, -0.2) is 21.2 Å². The van der Waals surface area contributed by atoms with Gasteiger partial charge in [0, 0.05) is 6.20 Å². The fraction of sp³-hybridized carbons (Fsp3) is 0.111. The van der Waals surface area contributed by atoms with Crippen LogP contribution in [0.5, 0.6) is 0 Å². The molecule has 2 rings (SSSR count). The van der Waals surface area contributed by atoms with Crippen molar-refractivity contribution in [3.05, 3.63) is 29.7 Å². The SMILES string of the molecule is Cc1ncccc1NC(=O)c1nonc1N. The maximum Gasteiger partial charge on any atom is 0.281 e. The minimum absolute atomic E-state index is 0.0387. The molecular formula is C9H9N5O2. The molecule has 0 unspecified atom stereocenters. The second-order valence-electron chi connectivity index (χ2n) is 3.09. The number of rotatable bonds is 2. The third-order valence-corrected chi connectivity index (χ3v) is 1.98. The quantitative estimate of drug-likeness (QED) is 0.766. The van der Waals surface area contributed by atoms with E-state index in [-0.39, 0.29) is 11.5 Å². The molecule has 0 spiro atoms. The Morgan fingerprint density at radius 1 is 1.50 bits per heavy atom. The predicted octanol–water partition coefficient (Wildman–Crippen LogP) is 0.608. The number of anilines is 2. The molecule has 0 fully saturated rings. The molecule has 82 valence electrons. The van der Waals surface area contributed by atoms with E-state index in [4.69, 9.17) is 5.73 Å². The summed E-state index contributed by atoms with van der Waals surface area (Å²) in [5, 5.41) is 9.32. The number of nitrogens with two attached hydrogens (primary N) is 1. The van der Waals surface area contributed by atoms with Crippen LogP contribution >= 0.6 is 0 Å². The number of hydrogen-bond acceptors (Lipinski definition) is 6. The normalized spacial score (nSPS) is 10.1. The molecule has 0 aliphatic heterocycles. The van der Waals surface area contributed by atoms with Gasteiger partial charge in [0.05, 0.1) is 11.4 Å². The minimum atomic E-state index is -0.477. The van der Waals surface area contributed by atoms with E-state index in [9.17, 15) is 4.79 Å². The lowest BCUT2D eigenvalue weighted by molar-refractivity contribution is 0.101. The Morgan fingerprint density at radius 3 is 2.94 bits per heavy atom. The maximum atomic E-state index is 11.7. The van der Waals surface area contributed by atoms with Gasteiger partial charge in [-0.15, -0.1) is 0 Å². The van der Waals surface area contributed by atoms with Crippen LogP contribution in [0.2, 0.25) is 0 Å². The first kappa shape index (κ1) is 10.1. The van der Waals surface area contributed by atoms with Crippen molar-refractivity contribution >= 4 is 17.4 Å². The summed E-state index contributed by atoms with van der Waals surface area (Å²) in [5.74, 6) is -0.520. The average molecular weight is 219 g/mol. The average Bonchev–Trinajstić information content (AvgIpc) is 2.68. The van der Waals surface area contributed by atoms with Gasteiger partial charge in [0.1, 0.15) is 0 Å². The minimum Gasteiger partial charge on any atom is -0.379 e. The van der Waals surface area contributed by atoms with Gasteiger partial charge in [0.2, 0.25) is 11.5 Å². The number of nitrogen functional groups attached to an aromatic ring is 1. The molecule has 0 aliphatic carbocycles. The number of aryl methyl sites for hydroxylation is 1. The summed E-state index contributed by atoms with van der Waals surface area (Å²) in [4.78, 5) is 15.7. The molecule has 0 saturated heterocycles. The molecule has 1 amide bonds. The fourth-order valence-corrected chi connectivity index (χ4v) is 1.15. The van der Waals surface area contributed by atoms with E-state index < -0.39 is 5.91 Å². The van der Waals surface area contributed by atoms with Crippen molar-refractivity contribution in [2.24, 2.45) is 0 Å². The van der Waals surface area contributed by atoms with Crippen molar-refractivity contribution in [1.29, 1.82) is 0 Å². The van der Waals surface area contributed by atoms with Crippen molar-refractivity contribution in [2.75, 3.05) is 11.1 Å². The molecule has 0 aliphatic rings. The molecule has 7 nitrogen and oxygen atoms in total. The zero-order valence-electron chi connectivity index (χ0n) is 8.47. The highest BCUT2D eigenvalue weighted by Gasteiger charge is 2.16. The Kier molecular flexibility index (Phi) is 2.50. The summed E-state index contributed by atoms with van der Waals surface area (Å²) in [6.45, 7) is 1.78. The van der Waals surface area contributed by atoms with E-state index in [0.29, 0.717) is 11.4 Å². The van der Waals surface area contributed by atoms with Gasteiger partial charge in [-0.2, -0.15) is 0 Å². The number of carbonyl (C=O) groups excluding carboxylic acids is 1. The van der Waals surface area contributed by atoms with E-state index in [2.05, 4.69) is 25.2 Å². The Hall–Kier alpha value is -2.44. The fourth-order valence-electron chi connectivity index (χ4n) is 1.15. The Labute approximate surface area is 90.6 Å².